The van der Waals surface area contributed by atoms with E-state index in [4.69, 9.17) is 5.11 Å². The van der Waals surface area contributed by atoms with Crippen molar-refractivity contribution in [2.24, 2.45) is 0 Å². The summed E-state index contributed by atoms with van der Waals surface area (Å²) >= 11 is 1.97. The number of nitrogens with zero attached hydrogens (tertiary/aromatic N) is 1. The van der Waals surface area contributed by atoms with Gasteiger partial charge >= 0.3 is 5.97 Å². The van der Waals surface area contributed by atoms with E-state index >= 15 is 0 Å². The van der Waals surface area contributed by atoms with Crippen LogP contribution in [-0.2, 0) is 4.79 Å². The van der Waals surface area contributed by atoms with Gasteiger partial charge < -0.3 is 10.0 Å². The molecular formula is C15H19NO2S. The summed E-state index contributed by atoms with van der Waals surface area (Å²) < 4.78 is 0. The summed E-state index contributed by atoms with van der Waals surface area (Å²) in [5, 5.41) is 8.79. The van der Waals surface area contributed by atoms with Gasteiger partial charge in [0.05, 0.1) is 0 Å². The van der Waals surface area contributed by atoms with Crippen molar-refractivity contribution in [3.63, 3.8) is 0 Å². The topological polar surface area (TPSA) is 40.5 Å². The molecule has 0 radical (unpaired) electrons. The molecule has 102 valence electrons. The van der Waals surface area contributed by atoms with E-state index in [9.17, 15) is 4.79 Å². The second-order valence-electron chi connectivity index (χ2n) is 4.85. The first-order valence-electron chi connectivity index (χ1n) is 6.44. The van der Waals surface area contributed by atoms with Crippen molar-refractivity contribution >= 4 is 29.5 Å². The number of aliphatic carboxylic acids is 1. The molecule has 1 atom stereocenters. The molecule has 0 aromatic heterocycles. The van der Waals surface area contributed by atoms with Gasteiger partial charge in [-0.2, -0.15) is 11.8 Å². The number of carboxylic acid groups (broad SMARTS) is 1. The predicted octanol–water partition coefficient (Wildman–Crippen LogP) is 3.03. The van der Waals surface area contributed by atoms with Crippen LogP contribution in [0.2, 0.25) is 0 Å². The molecule has 1 saturated heterocycles. The summed E-state index contributed by atoms with van der Waals surface area (Å²) in [6.07, 6.45) is 2.90. The van der Waals surface area contributed by atoms with E-state index in [-0.39, 0.29) is 0 Å². The van der Waals surface area contributed by atoms with Crippen molar-refractivity contribution in [2.75, 3.05) is 23.0 Å². The fourth-order valence-electron chi connectivity index (χ4n) is 2.32. The predicted molar refractivity (Wildman–Crippen MR) is 82.0 cm³/mol. The van der Waals surface area contributed by atoms with Gasteiger partial charge in [0.2, 0.25) is 0 Å². The van der Waals surface area contributed by atoms with Crippen LogP contribution in [0.5, 0.6) is 0 Å². The molecule has 1 aliphatic heterocycles. The van der Waals surface area contributed by atoms with E-state index in [1.807, 2.05) is 24.8 Å². The quantitative estimate of drug-likeness (QED) is 0.862. The third kappa shape index (κ3) is 3.53. The zero-order valence-corrected chi connectivity index (χ0v) is 12.1. The lowest BCUT2D eigenvalue weighted by molar-refractivity contribution is -0.131. The fourth-order valence-corrected chi connectivity index (χ4v) is 3.33. The fraction of sp³-hybridized carbons (Fsp3) is 0.400. The summed E-state index contributed by atoms with van der Waals surface area (Å²) in [5.41, 5.74) is 3.27. The van der Waals surface area contributed by atoms with Crippen molar-refractivity contribution in [2.45, 2.75) is 19.9 Å². The molecule has 1 fully saturated rings. The summed E-state index contributed by atoms with van der Waals surface area (Å²) in [6.45, 7) is 5.26. The molecule has 1 aliphatic rings. The van der Waals surface area contributed by atoms with Crippen LogP contribution in [0.3, 0.4) is 0 Å². The minimum atomic E-state index is -0.908. The third-order valence-corrected chi connectivity index (χ3v) is 4.45. The maximum Gasteiger partial charge on any atom is 0.328 e. The van der Waals surface area contributed by atoms with Crippen LogP contribution in [0, 0.1) is 6.92 Å². The van der Waals surface area contributed by atoms with Crippen molar-refractivity contribution in [3.8, 4) is 0 Å². The zero-order chi connectivity index (χ0) is 13.8. The van der Waals surface area contributed by atoms with Crippen LogP contribution >= 0.6 is 11.8 Å². The highest BCUT2D eigenvalue weighted by Crippen LogP contribution is 2.28. The van der Waals surface area contributed by atoms with Crippen LogP contribution in [0.4, 0.5) is 5.69 Å². The van der Waals surface area contributed by atoms with Gasteiger partial charge in [-0.15, -0.1) is 0 Å². The van der Waals surface area contributed by atoms with Crippen molar-refractivity contribution in [1.82, 2.24) is 0 Å². The molecule has 1 heterocycles. The van der Waals surface area contributed by atoms with Crippen LogP contribution in [0.1, 0.15) is 18.1 Å². The van der Waals surface area contributed by atoms with Gasteiger partial charge in [-0.25, -0.2) is 4.79 Å². The van der Waals surface area contributed by atoms with Gasteiger partial charge in [0.1, 0.15) is 0 Å². The number of rotatable bonds is 3. The highest BCUT2D eigenvalue weighted by Gasteiger charge is 2.20. The van der Waals surface area contributed by atoms with E-state index < -0.39 is 5.97 Å². The minimum Gasteiger partial charge on any atom is -0.478 e. The van der Waals surface area contributed by atoms with Gasteiger partial charge in [-0.05, 0) is 37.6 Å². The van der Waals surface area contributed by atoms with Gasteiger partial charge in [0, 0.05) is 35.9 Å². The molecule has 4 heteroatoms. The van der Waals surface area contributed by atoms with Crippen LogP contribution in [0.25, 0.3) is 6.08 Å². The van der Waals surface area contributed by atoms with Crippen molar-refractivity contribution in [1.29, 1.82) is 0 Å². The standard InChI is InChI=1S/C15H19NO2S/c1-11-3-5-14(13(9-11)4-6-15(17)18)16-7-8-19-10-12(16)2/h3-6,9,12H,7-8,10H2,1-2H3,(H,17,18)/b6-4+. The molecule has 0 spiro atoms. The van der Waals surface area contributed by atoms with Gasteiger partial charge in [-0.1, -0.05) is 11.6 Å². The number of hydrogen-bond acceptors (Lipinski definition) is 3. The lowest BCUT2D eigenvalue weighted by atomic mass is 10.1. The Kier molecular flexibility index (Phi) is 4.53. The Morgan fingerprint density at radius 2 is 2.32 bits per heavy atom. The number of benzene rings is 1. The average molecular weight is 277 g/mol. The van der Waals surface area contributed by atoms with Gasteiger partial charge in [0.25, 0.3) is 0 Å². The third-order valence-electron chi connectivity index (χ3n) is 3.27. The molecule has 0 saturated carbocycles. The molecule has 0 amide bonds. The minimum absolute atomic E-state index is 0.485. The molecule has 1 unspecified atom stereocenters. The second-order valence-corrected chi connectivity index (χ2v) is 6.00. The summed E-state index contributed by atoms with van der Waals surface area (Å²) in [4.78, 5) is 13.1. The van der Waals surface area contributed by atoms with Crippen LogP contribution in [-0.4, -0.2) is 35.2 Å². The SMILES string of the molecule is Cc1ccc(N2CCSCC2C)c(/C=C/C(=O)O)c1. The van der Waals surface area contributed by atoms with Crippen LogP contribution in [0.15, 0.2) is 24.3 Å². The van der Waals surface area contributed by atoms with E-state index in [1.165, 1.54) is 6.08 Å². The molecule has 3 nitrogen and oxygen atoms in total. The number of aryl methyl sites for hydroxylation is 1. The average Bonchev–Trinajstić information content (AvgIpc) is 2.37. The molecular weight excluding hydrogens is 258 g/mol. The smallest absolute Gasteiger partial charge is 0.328 e. The zero-order valence-electron chi connectivity index (χ0n) is 11.3. The lowest BCUT2D eigenvalue weighted by Gasteiger charge is -2.36. The van der Waals surface area contributed by atoms with E-state index in [2.05, 4.69) is 24.0 Å². The van der Waals surface area contributed by atoms with Crippen LogP contribution < -0.4 is 4.90 Å². The Morgan fingerprint density at radius 1 is 1.53 bits per heavy atom. The Labute approximate surface area is 118 Å². The highest BCUT2D eigenvalue weighted by molar-refractivity contribution is 7.99. The summed E-state index contributed by atoms with van der Waals surface area (Å²) in [5.74, 6) is 1.34. The number of anilines is 1. The van der Waals surface area contributed by atoms with Crippen molar-refractivity contribution < 1.29 is 9.90 Å². The molecule has 1 N–H and O–H groups in total. The Morgan fingerprint density at radius 3 is 3.00 bits per heavy atom. The van der Waals surface area contributed by atoms with Gasteiger partial charge in [-0.3, -0.25) is 0 Å². The first kappa shape index (κ1) is 14.0. The Bertz CT molecular complexity index is 499. The Balaban J connectivity index is 2.35. The molecule has 2 rings (SSSR count). The largest absolute Gasteiger partial charge is 0.478 e. The lowest BCUT2D eigenvalue weighted by Crippen LogP contribution is -2.40. The molecule has 1 aromatic rings. The molecule has 1 aromatic carbocycles. The Hall–Kier alpha value is -1.42. The number of hydrogen-bond donors (Lipinski definition) is 1. The number of carbonyl (C=O) groups is 1. The number of thioether (sulfide) groups is 1. The van der Waals surface area contributed by atoms with Gasteiger partial charge in [0.15, 0.2) is 0 Å². The molecule has 19 heavy (non-hydrogen) atoms. The van der Waals surface area contributed by atoms with Crippen molar-refractivity contribution in [3.05, 3.63) is 35.4 Å². The first-order valence-corrected chi connectivity index (χ1v) is 7.59. The monoisotopic (exact) mass is 277 g/mol. The normalized spacial score (nSPS) is 19.9. The first-order chi connectivity index (χ1) is 9.08. The summed E-state index contributed by atoms with van der Waals surface area (Å²) in [7, 11) is 0. The molecule has 0 aliphatic carbocycles. The van der Waals surface area contributed by atoms with E-state index in [1.54, 1.807) is 6.08 Å². The highest BCUT2D eigenvalue weighted by atomic mass is 32.2. The maximum absolute atomic E-state index is 10.7. The van der Waals surface area contributed by atoms with E-state index in [0.29, 0.717) is 6.04 Å². The number of carboxylic acids is 1. The second kappa shape index (κ2) is 6.15. The summed E-state index contributed by atoms with van der Waals surface area (Å²) in [6, 6.07) is 6.72. The molecule has 0 bridgehead atoms. The maximum atomic E-state index is 10.7. The van der Waals surface area contributed by atoms with E-state index in [0.717, 1.165) is 34.9 Å².